The van der Waals surface area contributed by atoms with Crippen LogP contribution in [0.2, 0.25) is 0 Å². The maximum Gasteiger partial charge on any atom is 0.167 e. The predicted octanol–water partition coefficient (Wildman–Crippen LogP) is 31.6. The molecule has 0 saturated carbocycles. The highest BCUT2D eigenvalue weighted by Crippen LogP contribution is 2.52. The van der Waals surface area contributed by atoms with E-state index >= 15 is 0 Å². The van der Waals surface area contributed by atoms with Crippen molar-refractivity contribution in [2.24, 2.45) is 0 Å². The molecule has 0 bridgehead atoms. The standard InChI is InChI=1S/C61H34N4O2.C57H32N4O2/c1-2-14-37-30-42(25-24-35(37)12-1)59-62-60(64-61(63-59)48-22-11-21-46-44-20-9-10-23-53(44)66-57(46)48)47-28-29-51(58-55(47)50-32-39-16-4-6-18-41(39)34-54(50)67-58)65-52-33-40-17-5-3-15-38(40)31-49(52)45-27-26-36-13-7-8-19-43(36)56(45)65;1-2-16-34(17-3-1)55-58-56(43-26-14-25-41-38-21-10-12-27-47(38)62-53(41)43)60-57(59-55)51-39-22-8-9-23-40(39)52(54-50(51)42-24-11-13-28-48(42)63-54)61-45-30-29-33-15-6-7-20-37(33)49(45)44-31-35-18-4-5-19-36(35)32-46(44)61/h1-34H;1-32H. The third-order valence-electron chi connectivity index (χ3n) is 26.5. The molecule has 602 valence electrons. The second kappa shape index (κ2) is 27.9. The van der Waals surface area contributed by atoms with Gasteiger partial charge in [-0.1, -0.05) is 309 Å². The highest BCUT2D eigenvalue weighted by Gasteiger charge is 2.31. The fourth-order valence-corrected chi connectivity index (χ4v) is 20.7. The van der Waals surface area contributed by atoms with Gasteiger partial charge in [-0.3, -0.25) is 0 Å². The zero-order chi connectivity index (χ0) is 84.9. The molecule has 8 heterocycles. The summed E-state index contributed by atoms with van der Waals surface area (Å²) in [6.07, 6.45) is 0. The minimum Gasteiger partial charge on any atom is -0.455 e. The fourth-order valence-electron chi connectivity index (χ4n) is 20.7. The number of rotatable bonds is 8. The monoisotopic (exact) mass is 1660 g/mol. The molecule has 0 saturated heterocycles. The van der Waals surface area contributed by atoms with Crippen molar-refractivity contribution in [3.63, 3.8) is 0 Å². The number of nitrogens with zero attached hydrogens (tertiary/aromatic N) is 8. The fraction of sp³-hybridized carbons (Fsp3) is 0. The first-order chi connectivity index (χ1) is 64.4. The zero-order valence-electron chi connectivity index (χ0n) is 69.3. The molecule has 0 spiro atoms. The van der Waals surface area contributed by atoms with E-state index in [1.54, 1.807) is 0 Å². The highest BCUT2D eigenvalue weighted by atomic mass is 16.3. The number of hydrogen-bond donors (Lipinski definition) is 0. The molecule has 0 amide bonds. The molecule has 29 rings (SSSR count). The number of hydrogen-bond acceptors (Lipinski definition) is 10. The Bertz CT molecular complexity index is 9940. The SMILES string of the molecule is c1ccc(-c2nc(-c3cccc4c3oc3ccccc34)nc(-c3c4ccccc4c(-n4c5cc6ccccc6cc5c5c6ccccc6ccc54)c4oc5ccccc5c34)n2)cc1.c1ccc2cc(-c3nc(-c4cccc5c4oc4ccccc45)nc(-c4ccc(-n5c6cc7ccccc7cc6c6ccc7ccccc7c65)c5oc6cc7ccccc7cc6c45)n3)ccc2c1. The van der Waals surface area contributed by atoms with Gasteiger partial charge in [0.1, 0.15) is 33.5 Å². The predicted molar refractivity (Wildman–Crippen MR) is 533 cm³/mol. The topological polar surface area (TPSA) is 140 Å². The van der Waals surface area contributed by atoms with Crippen molar-refractivity contribution in [1.82, 2.24) is 39.0 Å². The highest BCUT2D eigenvalue weighted by molar-refractivity contribution is 6.29. The lowest BCUT2D eigenvalue weighted by Gasteiger charge is -2.17. The molecule has 0 fully saturated rings. The Morgan fingerprint density at radius 2 is 0.623 bits per heavy atom. The molecule has 0 aliphatic carbocycles. The molecule has 0 radical (unpaired) electrons. The van der Waals surface area contributed by atoms with Crippen molar-refractivity contribution in [2.75, 3.05) is 0 Å². The van der Waals surface area contributed by atoms with Gasteiger partial charge in [0.2, 0.25) is 0 Å². The first-order valence-corrected chi connectivity index (χ1v) is 43.8. The van der Waals surface area contributed by atoms with Crippen molar-refractivity contribution in [1.29, 1.82) is 0 Å². The minimum atomic E-state index is 0.522. The smallest absolute Gasteiger partial charge is 0.167 e. The molecule has 0 atom stereocenters. The van der Waals surface area contributed by atoms with E-state index in [1.807, 2.05) is 84.9 Å². The van der Waals surface area contributed by atoms with Gasteiger partial charge in [-0.2, -0.15) is 0 Å². The van der Waals surface area contributed by atoms with Crippen molar-refractivity contribution in [3.05, 3.63) is 400 Å². The molecular formula is C118H66N8O4. The molecule has 29 aromatic rings. The molecular weight excluding hydrogens is 1590 g/mol. The van der Waals surface area contributed by atoms with E-state index < -0.39 is 0 Å². The van der Waals surface area contributed by atoms with Crippen molar-refractivity contribution in [2.45, 2.75) is 0 Å². The Balaban J connectivity index is 0.000000131. The van der Waals surface area contributed by atoms with Gasteiger partial charge < -0.3 is 26.8 Å². The number of fused-ring (bicyclic) bond motifs is 27. The van der Waals surface area contributed by atoms with E-state index in [0.29, 0.717) is 34.9 Å². The van der Waals surface area contributed by atoms with Crippen LogP contribution in [0.1, 0.15) is 0 Å². The Kier molecular flexibility index (Phi) is 15.4. The molecule has 12 heteroatoms. The molecule has 8 aromatic heterocycles. The summed E-state index contributed by atoms with van der Waals surface area (Å²) in [5, 5.41) is 28.7. The lowest BCUT2D eigenvalue weighted by molar-refractivity contribution is 0.666. The molecule has 0 aliphatic heterocycles. The summed E-state index contributed by atoms with van der Waals surface area (Å²) in [5.74, 6) is 3.26. The van der Waals surface area contributed by atoms with Gasteiger partial charge in [-0.25, -0.2) is 29.9 Å². The van der Waals surface area contributed by atoms with E-state index in [9.17, 15) is 0 Å². The van der Waals surface area contributed by atoms with Crippen LogP contribution < -0.4 is 0 Å². The number of benzene rings is 21. The Labute approximate surface area is 738 Å². The van der Waals surface area contributed by atoms with Crippen LogP contribution in [-0.4, -0.2) is 39.0 Å². The van der Waals surface area contributed by atoms with Gasteiger partial charge in [-0.05, 0) is 156 Å². The van der Waals surface area contributed by atoms with Crippen molar-refractivity contribution in [3.8, 4) is 79.7 Å². The summed E-state index contributed by atoms with van der Waals surface area (Å²) >= 11 is 0. The number of aromatic nitrogens is 8. The Morgan fingerprint density at radius 3 is 1.28 bits per heavy atom. The summed E-state index contributed by atoms with van der Waals surface area (Å²) in [6.45, 7) is 0. The van der Waals surface area contributed by atoms with E-state index in [1.165, 1.54) is 64.6 Å². The average Bonchev–Trinajstić information content (AvgIpc) is 1.54. The maximum atomic E-state index is 7.24. The average molecular weight is 1660 g/mol. The van der Waals surface area contributed by atoms with E-state index in [-0.39, 0.29) is 0 Å². The van der Waals surface area contributed by atoms with Crippen molar-refractivity contribution < 1.29 is 17.7 Å². The maximum absolute atomic E-state index is 7.24. The molecule has 21 aromatic carbocycles. The minimum absolute atomic E-state index is 0.522. The second-order valence-electron chi connectivity index (χ2n) is 33.8. The quantitative estimate of drug-likeness (QED) is 0.144. The van der Waals surface area contributed by atoms with Gasteiger partial charge in [0.05, 0.1) is 44.6 Å². The van der Waals surface area contributed by atoms with Crippen LogP contribution >= 0.6 is 0 Å². The summed E-state index contributed by atoms with van der Waals surface area (Å²) < 4.78 is 32.4. The van der Waals surface area contributed by atoms with Gasteiger partial charge in [0, 0.05) is 97.7 Å². The first kappa shape index (κ1) is 71.7. The third kappa shape index (κ3) is 10.9. The third-order valence-corrected chi connectivity index (χ3v) is 26.5. The van der Waals surface area contributed by atoms with Gasteiger partial charge >= 0.3 is 0 Å². The van der Waals surface area contributed by atoms with E-state index in [4.69, 9.17) is 47.6 Å². The zero-order valence-corrected chi connectivity index (χ0v) is 69.3. The van der Waals surface area contributed by atoms with Crippen LogP contribution in [0.4, 0.5) is 0 Å². The largest absolute Gasteiger partial charge is 0.455 e. The lowest BCUT2D eigenvalue weighted by Crippen LogP contribution is -2.03. The van der Waals surface area contributed by atoms with Gasteiger partial charge in [0.15, 0.2) is 46.1 Å². The van der Waals surface area contributed by atoms with Gasteiger partial charge in [0.25, 0.3) is 0 Å². The van der Waals surface area contributed by atoms with E-state index in [2.05, 4.69) is 325 Å². The molecule has 0 unspecified atom stereocenters. The molecule has 0 N–H and O–H groups in total. The Hall–Kier alpha value is -17.7. The lowest BCUT2D eigenvalue weighted by atomic mass is 9.95. The second-order valence-corrected chi connectivity index (χ2v) is 33.8. The van der Waals surface area contributed by atoms with E-state index in [0.717, 1.165) is 187 Å². The van der Waals surface area contributed by atoms with Crippen LogP contribution in [-0.2, 0) is 0 Å². The number of para-hydroxylation sites is 5. The molecule has 130 heavy (non-hydrogen) atoms. The normalized spacial score (nSPS) is 12.2. The first-order valence-electron chi connectivity index (χ1n) is 43.8. The Morgan fingerprint density at radius 1 is 0.185 bits per heavy atom. The van der Waals surface area contributed by atoms with Crippen LogP contribution in [0.5, 0.6) is 0 Å². The number of furan rings is 4. The molecule has 0 aliphatic rings. The summed E-state index contributed by atoms with van der Waals surface area (Å²) in [6, 6.07) is 141. The van der Waals surface area contributed by atoms with Crippen LogP contribution in [0, 0.1) is 0 Å². The summed E-state index contributed by atoms with van der Waals surface area (Å²) in [4.78, 5) is 32.1. The molecule has 12 nitrogen and oxygen atoms in total. The van der Waals surface area contributed by atoms with Crippen LogP contribution in [0.3, 0.4) is 0 Å². The van der Waals surface area contributed by atoms with Crippen molar-refractivity contribution >= 4 is 207 Å². The summed E-state index contributed by atoms with van der Waals surface area (Å²) in [7, 11) is 0. The van der Waals surface area contributed by atoms with Crippen LogP contribution in [0.25, 0.3) is 286 Å². The van der Waals surface area contributed by atoms with Gasteiger partial charge in [-0.15, -0.1) is 0 Å². The van der Waals surface area contributed by atoms with Crippen LogP contribution in [0.15, 0.2) is 418 Å². The summed E-state index contributed by atoms with van der Waals surface area (Å²) in [5.41, 5.74) is 17.6.